The summed E-state index contributed by atoms with van der Waals surface area (Å²) in [4.78, 5) is 26.1. The van der Waals surface area contributed by atoms with Gasteiger partial charge in [0.1, 0.15) is 6.33 Å². The van der Waals surface area contributed by atoms with Crippen LogP contribution in [0.15, 0.2) is 24.5 Å². The molecule has 0 bridgehead atoms. The summed E-state index contributed by atoms with van der Waals surface area (Å²) in [5.41, 5.74) is 2.41. The first kappa shape index (κ1) is 17.8. The Balaban J connectivity index is 1.62. The Morgan fingerprint density at radius 3 is 2.73 bits per heavy atom. The third kappa shape index (κ3) is 3.98. The highest BCUT2D eigenvalue weighted by Gasteiger charge is 2.28. The number of ether oxygens (including phenoxy) is 1. The maximum atomic E-state index is 12.6. The number of aryl methyl sites for hydroxylation is 1. The number of amides is 2. The molecule has 9 heteroatoms. The molecule has 138 valence electrons. The third-order valence-corrected chi connectivity index (χ3v) is 4.48. The van der Waals surface area contributed by atoms with Gasteiger partial charge in [-0.3, -0.25) is 4.79 Å². The number of urea groups is 1. The van der Waals surface area contributed by atoms with E-state index in [1.807, 2.05) is 25.1 Å². The van der Waals surface area contributed by atoms with E-state index in [0.717, 1.165) is 11.3 Å². The highest BCUT2D eigenvalue weighted by Crippen LogP contribution is 2.22. The lowest BCUT2D eigenvalue weighted by Gasteiger charge is -2.31. The van der Waals surface area contributed by atoms with Crippen LogP contribution in [0.4, 0.5) is 10.5 Å². The van der Waals surface area contributed by atoms with E-state index in [0.29, 0.717) is 38.2 Å². The number of benzene rings is 1. The van der Waals surface area contributed by atoms with Gasteiger partial charge in [-0.2, -0.15) is 0 Å². The number of nitrogens with one attached hydrogen (secondary N) is 1. The van der Waals surface area contributed by atoms with Crippen molar-refractivity contribution in [2.75, 3.05) is 25.0 Å². The Kier molecular flexibility index (Phi) is 5.45. The monoisotopic (exact) mass is 358 g/mol. The average Bonchev–Trinajstić information content (AvgIpc) is 3.18. The highest BCUT2D eigenvalue weighted by molar-refractivity contribution is 5.90. The molecule has 0 atom stereocenters. The second-order valence-corrected chi connectivity index (χ2v) is 6.20. The molecule has 2 heterocycles. The summed E-state index contributed by atoms with van der Waals surface area (Å²) >= 11 is 0. The molecule has 2 aromatic rings. The number of nitrogens with zero attached hydrogens (tertiary/aromatic N) is 5. The van der Waals surface area contributed by atoms with E-state index >= 15 is 0 Å². The van der Waals surface area contributed by atoms with Crippen molar-refractivity contribution < 1.29 is 14.3 Å². The number of likely N-dealkylation sites (tertiary alicyclic amines) is 1. The Hall–Kier alpha value is -2.97. The Bertz CT molecular complexity index is 769. The van der Waals surface area contributed by atoms with Crippen LogP contribution < -0.4 is 5.32 Å². The fraction of sp³-hybridized carbons (Fsp3) is 0.471. The van der Waals surface area contributed by atoms with Gasteiger partial charge in [0.25, 0.3) is 0 Å². The highest BCUT2D eigenvalue weighted by atomic mass is 16.5. The van der Waals surface area contributed by atoms with Crippen LogP contribution in [0.3, 0.4) is 0 Å². The minimum Gasteiger partial charge on any atom is -0.466 e. The van der Waals surface area contributed by atoms with Crippen molar-refractivity contribution in [3.05, 3.63) is 30.1 Å². The summed E-state index contributed by atoms with van der Waals surface area (Å²) in [6.07, 6.45) is 2.74. The topological polar surface area (TPSA) is 102 Å². The van der Waals surface area contributed by atoms with Crippen LogP contribution in [0.5, 0.6) is 0 Å². The van der Waals surface area contributed by atoms with Crippen molar-refractivity contribution in [1.29, 1.82) is 0 Å². The normalized spacial score (nSPS) is 14.9. The molecule has 1 saturated heterocycles. The molecule has 1 aliphatic heterocycles. The van der Waals surface area contributed by atoms with E-state index in [1.165, 1.54) is 11.0 Å². The summed E-state index contributed by atoms with van der Waals surface area (Å²) in [6, 6.07) is 5.44. The van der Waals surface area contributed by atoms with Crippen LogP contribution in [0.1, 0.15) is 25.3 Å². The Morgan fingerprint density at radius 2 is 2.08 bits per heavy atom. The molecule has 9 nitrogen and oxygen atoms in total. The molecule has 3 rings (SSSR count). The molecule has 0 spiro atoms. The summed E-state index contributed by atoms with van der Waals surface area (Å²) in [5.74, 6) is -0.290. The number of esters is 1. The average molecular weight is 358 g/mol. The largest absolute Gasteiger partial charge is 0.466 e. The fourth-order valence-corrected chi connectivity index (χ4v) is 2.94. The van der Waals surface area contributed by atoms with Gasteiger partial charge in [-0.1, -0.05) is 6.07 Å². The van der Waals surface area contributed by atoms with Gasteiger partial charge in [0, 0.05) is 18.8 Å². The van der Waals surface area contributed by atoms with Gasteiger partial charge in [0.2, 0.25) is 0 Å². The Morgan fingerprint density at radius 1 is 1.31 bits per heavy atom. The quantitative estimate of drug-likeness (QED) is 0.836. The second-order valence-electron chi connectivity index (χ2n) is 6.20. The minimum atomic E-state index is -0.177. The molecular formula is C17H22N6O3. The third-order valence-electron chi connectivity index (χ3n) is 4.48. The SMILES string of the molecule is CCOC(=O)C1CCN(C(=O)Nc2cc(-n3cnnn3)ccc2C)CC1. The molecule has 2 amide bonds. The zero-order valence-electron chi connectivity index (χ0n) is 14.9. The summed E-state index contributed by atoms with van der Waals surface area (Å²) < 4.78 is 6.59. The number of carbonyl (C=O) groups is 2. The van der Waals surface area contributed by atoms with Gasteiger partial charge < -0.3 is 15.0 Å². The Labute approximate surface area is 151 Å². The molecule has 1 aromatic carbocycles. The van der Waals surface area contributed by atoms with Crippen LogP contribution in [0.2, 0.25) is 0 Å². The first-order valence-electron chi connectivity index (χ1n) is 8.65. The van der Waals surface area contributed by atoms with E-state index in [-0.39, 0.29) is 17.9 Å². The fourth-order valence-electron chi connectivity index (χ4n) is 2.94. The van der Waals surface area contributed by atoms with Crippen LogP contribution in [0.25, 0.3) is 5.69 Å². The predicted molar refractivity (Wildman–Crippen MR) is 93.8 cm³/mol. The van der Waals surface area contributed by atoms with Gasteiger partial charge in [0.05, 0.1) is 18.2 Å². The van der Waals surface area contributed by atoms with Gasteiger partial charge in [-0.15, -0.1) is 5.10 Å². The van der Waals surface area contributed by atoms with Crippen LogP contribution >= 0.6 is 0 Å². The number of carbonyl (C=O) groups excluding carboxylic acids is 2. The summed E-state index contributed by atoms with van der Waals surface area (Å²) in [5, 5.41) is 14.0. The van der Waals surface area contributed by atoms with Crippen molar-refractivity contribution in [2.45, 2.75) is 26.7 Å². The lowest BCUT2D eigenvalue weighted by Crippen LogP contribution is -2.42. The number of hydrogen-bond acceptors (Lipinski definition) is 6. The van der Waals surface area contributed by atoms with Gasteiger partial charge >= 0.3 is 12.0 Å². The van der Waals surface area contributed by atoms with E-state index in [2.05, 4.69) is 20.8 Å². The van der Waals surface area contributed by atoms with Crippen molar-refractivity contribution in [3.8, 4) is 5.69 Å². The summed E-state index contributed by atoms with van der Waals surface area (Å²) in [6.45, 7) is 5.16. The van der Waals surface area contributed by atoms with Crippen LogP contribution in [0, 0.1) is 12.8 Å². The number of hydrogen-bond donors (Lipinski definition) is 1. The van der Waals surface area contributed by atoms with E-state index in [4.69, 9.17) is 4.74 Å². The number of aromatic nitrogens is 4. The standard InChI is InChI=1S/C17H22N6O3/c1-3-26-16(24)13-6-8-22(9-7-13)17(25)19-15-10-14(5-4-12(15)2)23-11-18-20-21-23/h4-5,10-11,13H,3,6-9H2,1-2H3,(H,19,25). The van der Waals surface area contributed by atoms with E-state index in [1.54, 1.807) is 11.8 Å². The van der Waals surface area contributed by atoms with Crippen molar-refractivity contribution in [1.82, 2.24) is 25.1 Å². The molecule has 1 aromatic heterocycles. The molecule has 0 radical (unpaired) electrons. The minimum absolute atomic E-state index is 0.121. The zero-order valence-corrected chi connectivity index (χ0v) is 14.9. The lowest BCUT2D eigenvalue weighted by atomic mass is 9.97. The first-order chi connectivity index (χ1) is 12.6. The molecule has 0 unspecified atom stereocenters. The van der Waals surface area contributed by atoms with Crippen LogP contribution in [-0.4, -0.2) is 56.8 Å². The maximum Gasteiger partial charge on any atom is 0.321 e. The molecular weight excluding hydrogens is 336 g/mol. The number of anilines is 1. The lowest BCUT2D eigenvalue weighted by molar-refractivity contribution is -0.149. The second kappa shape index (κ2) is 7.94. The molecule has 1 fully saturated rings. The number of rotatable bonds is 4. The smallest absolute Gasteiger partial charge is 0.321 e. The number of piperidine rings is 1. The predicted octanol–water partition coefficient (Wildman–Crippen LogP) is 1.78. The van der Waals surface area contributed by atoms with Gasteiger partial charge in [0.15, 0.2) is 0 Å². The molecule has 0 aliphatic carbocycles. The maximum absolute atomic E-state index is 12.6. The first-order valence-corrected chi connectivity index (χ1v) is 8.65. The molecule has 1 N–H and O–H groups in total. The summed E-state index contributed by atoms with van der Waals surface area (Å²) in [7, 11) is 0. The van der Waals surface area contributed by atoms with Gasteiger partial charge in [-0.05, 0) is 54.8 Å². The number of tetrazole rings is 1. The molecule has 26 heavy (non-hydrogen) atoms. The van der Waals surface area contributed by atoms with E-state index < -0.39 is 0 Å². The van der Waals surface area contributed by atoms with Crippen molar-refractivity contribution in [2.24, 2.45) is 5.92 Å². The van der Waals surface area contributed by atoms with Gasteiger partial charge in [-0.25, -0.2) is 9.48 Å². The van der Waals surface area contributed by atoms with Crippen molar-refractivity contribution >= 4 is 17.7 Å². The van der Waals surface area contributed by atoms with Crippen LogP contribution in [-0.2, 0) is 9.53 Å². The zero-order chi connectivity index (χ0) is 18.5. The van der Waals surface area contributed by atoms with Crippen molar-refractivity contribution in [3.63, 3.8) is 0 Å². The van der Waals surface area contributed by atoms with E-state index in [9.17, 15) is 9.59 Å². The molecule has 0 saturated carbocycles. The molecule has 1 aliphatic rings.